The fourth-order valence-corrected chi connectivity index (χ4v) is 3.23. The van der Waals surface area contributed by atoms with E-state index in [9.17, 15) is 27.9 Å². The van der Waals surface area contributed by atoms with Crippen LogP contribution in [0.25, 0.3) is 0 Å². The van der Waals surface area contributed by atoms with E-state index in [1.54, 1.807) is 43.5 Å². The molecule has 1 unspecified atom stereocenters. The highest BCUT2D eigenvalue weighted by molar-refractivity contribution is 5.89. The Morgan fingerprint density at radius 1 is 1.06 bits per heavy atom. The van der Waals surface area contributed by atoms with Crippen LogP contribution in [-0.2, 0) is 16.0 Å². The van der Waals surface area contributed by atoms with Crippen molar-refractivity contribution in [2.75, 3.05) is 14.2 Å². The van der Waals surface area contributed by atoms with Crippen LogP contribution in [0.3, 0.4) is 0 Å². The maximum Gasteiger partial charge on any atom is 0.409 e. The molecular weight excluding hydrogens is 467 g/mol. The quantitative estimate of drug-likeness (QED) is 0.229. The number of aliphatic hydroxyl groups is 1. The minimum absolute atomic E-state index is 0.0712. The third-order valence-corrected chi connectivity index (χ3v) is 5.04. The van der Waals surface area contributed by atoms with Crippen molar-refractivity contribution in [3.8, 4) is 11.5 Å². The van der Waals surface area contributed by atoms with E-state index >= 15 is 0 Å². The van der Waals surface area contributed by atoms with Crippen LogP contribution in [0, 0.1) is 0 Å². The number of ether oxygens (including phenoxy) is 2. The van der Waals surface area contributed by atoms with Crippen molar-refractivity contribution < 1.29 is 37.3 Å². The Morgan fingerprint density at radius 3 is 2.40 bits per heavy atom. The highest BCUT2D eigenvalue weighted by atomic mass is 19.4. The van der Waals surface area contributed by atoms with Crippen molar-refractivity contribution >= 4 is 11.8 Å². The van der Waals surface area contributed by atoms with Crippen molar-refractivity contribution in [1.82, 2.24) is 16.2 Å². The molecule has 35 heavy (non-hydrogen) atoms. The second-order valence-corrected chi connectivity index (χ2v) is 7.52. The number of hydrogen-bond acceptors (Lipinski definition) is 6. The molecule has 0 radical (unpaired) electrons. The van der Waals surface area contributed by atoms with E-state index in [1.165, 1.54) is 7.11 Å². The normalized spacial score (nSPS) is 13.2. The number of carbonyl (C=O) groups excluding carboxylic acids is 2. The molecule has 11 heteroatoms. The molecule has 2 amide bonds. The van der Waals surface area contributed by atoms with E-state index in [0.29, 0.717) is 22.6 Å². The van der Waals surface area contributed by atoms with Crippen LogP contribution in [0.15, 0.2) is 54.6 Å². The van der Waals surface area contributed by atoms with Gasteiger partial charge in [-0.2, -0.15) is 13.2 Å². The molecule has 0 aliphatic carbocycles. The Kier molecular flexibility index (Phi) is 10.1. The molecule has 0 heterocycles. The third-order valence-electron chi connectivity index (χ3n) is 5.04. The van der Waals surface area contributed by atoms with Crippen LogP contribution in [-0.4, -0.2) is 37.3 Å². The number of hydrogen-bond donors (Lipinski definition) is 4. The molecule has 4 N–H and O–H groups in total. The summed E-state index contributed by atoms with van der Waals surface area (Å²) in [5.74, 6) is -0.574. The largest absolute Gasteiger partial charge is 0.493 e. The zero-order valence-electron chi connectivity index (χ0n) is 19.5. The summed E-state index contributed by atoms with van der Waals surface area (Å²) in [5.41, 5.74) is 6.04. The molecule has 8 nitrogen and oxygen atoms in total. The Balaban J connectivity index is 1.96. The Morgan fingerprint density at radius 2 is 1.74 bits per heavy atom. The number of alkyl halides is 3. The summed E-state index contributed by atoms with van der Waals surface area (Å²) >= 11 is 0. The van der Waals surface area contributed by atoms with Gasteiger partial charge in [-0.05, 0) is 42.2 Å². The van der Waals surface area contributed by atoms with Gasteiger partial charge in [0, 0.05) is 24.6 Å². The molecule has 0 fully saturated rings. The lowest BCUT2D eigenvalue weighted by Crippen LogP contribution is -2.41. The van der Waals surface area contributed by atoms with Gasteiger partial charge in [-0.3, -0.25) is 25.8 Å². The van der Waals surface area contributed by atoms with Gasteiger partial charge in [0.2, 0.25) is 5.91 Å². The van der Waals surface area contributed by atoms with E-state index in [1.807, 2.05) is 18.4 Å². The molecule has 2 atom stereocenters. The van der Waals surface area contributed by atoms with E-state index < -0.39 is 24.2 Å². The standard InChI is InChI=1S/C24H28F3N3O5/c1-15(17-8-10-19(34-2)20(14-17)35-3)28-23(33)18-7-5-4-6-16(18)9-11-21(31)29-30-22(32)12-13-24(25,26)27/h4-8,10,12-15,23,28,33H,9,11H2,1-3H3,(H,29,31)(H,30,32)/b13-12+/t15-,23?/m1/s1. The molecule has 2 aromatic rings. The Labute approximate surface area is 201 Å². The average molecular weight is 495 g/mol. The molecule has 0 aliphatic rings. The summed E-state index contributed by atoms with van der Waals surface area (Å²) in [6.07, 6.45) is -5.49. The molecule has 2 aromatic carbocycles. The summed E-state index contributed by atoms with van der Waals surface area (Å²) in [4.78, 5) is 23.3. The summed E-state index contributed by atoms with van der Waals surface area (Å²) in [6.45, 7) is 1.87. The second-order valence-electron chi connectivity index (χ2n) is 7.52. The van der Waals surface area contributed by atoms with E-state index in [4.69, 9.17) is 9.47 Å². The van der Waals surface area contributed by atoms with Gasteiger partial charge in [-0.15, -0.1) is 0 Å². The minimum Gasteiger partial charge on any atom is -0.493 e. The van der Waals surface area contributed by atoms with Gasteiger partial charge in [0.1, 0.15) is 6.23 Å². The van der Waals surface area contributed by atoms with E-state index in [-0.39, 0.29) is 31.0 Å². The van der Waals surface area contributed by atoms with Crippen molar-refractivity contribution in [2.45, 2.75) is 38.2 Å². The third kappa shape index (κ3) is 8.95. The summed E-state index contributed by atoms with van der Waals surface area (Å²) in [7, 11) is 3.07. The van der Waals surface area contributed by atoms with Gasteiger partial charge < -0.3 is 14.6 Å². The molecule has 0 saturated heterocycles. The van der Waals surface area contributed by atoms with Crippen molar-refractivity contribution in [3.63, 3.8) is 0 Å². The summed E-state index contributed by atoms with van der Waals surface area (Å²) < 4.78 is 46.8. The predicted octanol–water partition coefficient (Wildman–Crippen LogP) is 3.24. The smallest absolute Gasteiger partial charge is 0.409 e. The van der Waals surface area contributed by atoms with Crippen LogP contribution in [0.1, 0.15) is 42.3 Å². The van der Waals surface area contributed by atoms with Crippen LogP contribution < -0.4 is 25.6 Å². The number of allylic oxidation sites excluding steroid dienone is 1. The Hall–Kier alpha value is -3.57. The first kappa shape index (κ1) is 27.7. The number of carbonyl (C=O) groups is 2. The van der Waals surface area contributed by atoms with Gasteiger partial charge in [0.25, 0.3) is 5.91 Å². The summed E-state index contributed by atoms with van der Waals surface area (Å²) in [5, 5.41) is 13.9. The van der Waals surface area contributed by atoms with E-state index in [2.05, 4.69) is 10.7 Å². The molecule has 0 bridgehead atoms. The average Bonchev–Trinajstić information content (AvgIpc) is 2.84. The van der Waals surface area contributed by atoms with Gasteiger partial charge in [0.15, 0.2) is 11.5 Å². The number of hydrazine groups is 1. The first-order chi connectivity index (χ1) is 16.5. The lowest BCUT2D eigenvalue weighted by molar-refractivity contribution is -0.126. The molecule has 0 saturated carbocycles. The molecule has 190 valence electrons. The zero-order valence-corrected chi connectivity index (χ0v) is 19.5. The number of aryl methyl sites for hydroxylation is 1. The lowest BCUT2D eigenvalue weighted by Gasteiger charge is -2.22. The number of benzene rings is 2. The molecule has 0 aliphatic heterocycles. The maximum atomic E-state index is 12.1. The second kappa shape index (κ2) is 12.8. The monoisotopic (exact) mass is 495 g/mol. The van der Waals surface area contributed by atoms with Gasteiger partial charge in [0.05, 0.1) is 14.2 Å². The number of amides is 2. The number of nitrogens with one attached hydrogen (secondary N) is 3. The SMILES string of the molecule is COc1ccc([C@@H](C)NC(O)c2ccccc2CCC(=O)NNC(=O)/C=C/C(F)(F)F)cc1OC. The minimum atomic E-state index is -4.63. The highest BCUT2D eigenvalue weighted by Crippen LogP contribution is 2.31. The van der Waals surface area contributed by atoms with Crippen LogP contribution in [0.5, 0.6) is 11.5 Å². The van der Waals surface area contributed by atoms with Crippen LogP contribution >= 0.6 is 0 Å². The van der Waals surface area contributed by atoms with Crippen molar-refractivity contribution in [1.29, 1.82) is 0 Å². The topological polar surface area (TPSA) is 109 Å². The van der Waals surface area contributed by atoms with E-state index in [0.717, 1.165) is 5.56 Å². The fourth-order valence-electron chi connectivity index (χ4n) is 3.23. The summed E-state index contributed by atoms with van der Waals surface area (Å²) in [6, 6.07) is 12.1. The first-order valence-electron chi connectivity index (χ1n) is 10.6. The molecule has 0 spiro atoms. The highest BCUT2D eigenvalue weighted by Gasteiger charge is 2.22. The molecule has 2 rings (SSSR count). The lowest BCUT2D eigenvalue weighted by atomic mass is 10.0. The number of aliphatic hydroxyl groups excluding tert-OH is 1. The van der Waals surface area contributed by atoms with Crippen molar-refractivity contribution in [3.05, 3.63) is 71.3 Å². The molecule has 0 aromatic heterocycles. The first-order valence-corrected chi connectivity index (χ1v) is 10.6. The predicted molar refractivity (Wildman–Crippen MR) is 122 cm³/mol. The van der Waals surface area contributed by atoms with Crippen molar-refractivity contribution in [2.24, 2.45) is 0 Å². The van der Waals surface area contributed by atoms with Crippen LogP contribution in [0.2, 0.25) is 0 Å². The number of halogens is 3. The number of rotatable bonds is 10. The maximum absolute atomic E-state index is 12.1. The van der Waals surface area contributed by atoms with Gasteiger partial charge >= 0.3 is 6.18 Å². The number of methoxy groups -OCH3 is 2. The van der Waals surface area contributed by atoms with Gasteiger partial charge in [-0.1, -0.05) is 30.3 Å². The zero-order chi connectivity index (χ0) is 26.0. The van der Waals surface area contributed by atoms with Crippen LogP contribution in [0.4, 0.5) is 13.2 Å². The molecular formula is C24H28F3N3O5. The van der Waals surface area contributed by atoms with Gasteiger partial charge in [-0.25, -0.2) is 0 Å². The Bertz CT molecular complexity index is 1040. The fraction of sp³-hybridized carbons (Fsp3) is 0.333.